The van der Waals surface area contributed by atoms with Gasteiger partial charge in [0.2, 0.25) is 5.91 Å². The maximum absolute atomic E-state index is 13.0. The van der Waals surface area contributed by atoms with E-state index in [-0.39, 0.29) is 23.6 Å². The van der Waals surface area contributed by atoms with Gasteiger partial charge in [-0.1, -0.05) is 0 Å². The Morgan fingerprint density at radius 1 is 1.24 bits per heavy atom. The van der Waals surface area contributed by atoms with Crippen molar-refractivity contribution < 1.29 is 18.0 Å². The Bertz CT molecular complexity index is 644. The molecule has 1 N–H and O–H groups in total. The molecule has 4 saturated carbocycles. The normalized spacial score (nSPS) is 33.7. The third kappa shape index (κ3) is 3.29. The Labute approximate surface area is 145 Å². The van der Waals surface area contributed by atoms with Crippen LogP contribution in [0.25, 0.3) is 0 Å². The average molecular weight is 355 g/mol. The van der Waals surface area contributed by atoms with Crippen LogP contribution in [0.2, 0.25) is 0 Å². The van der Waals surface area contributed by atoms with Crippen LogP contribution in [0.3, 0.4) is 0 Å². The lowest BCUT2D eigenvalue weighted by atomic mass is 9.49. The molecule has 138 valence electrons. The zero-order valence-corrected chi connectivity index (χ0v) is 14.4. The van der Waals surface area contributed by atoms with Crippen molar-refractivity contribution >= 4 is 5.91 Å². The molecule has 4 bridgehead atoms. The molecule has 25 heavy (non-hydrogen) atoms. The van der Waals surface area contributed by atoms with E-state index < -0.39 is 11.9 Å². The molecule has 1 aromatic heterocycles. The van der Waals surface area contributed by atoms with Crippen molar-refractivity contribution in [1.29, 1.82) is 0 Å². The molecule has 5 rings (SSSR count). The maximum Gasteiger partial charge on any atom is 0.433 e. The largest absolute Gasteiger partial charge is 0.433 e. The van der Waals surface area contributed by atoms with Gasteiger partial charge in [0, 0.05) is 6.54 Å². The molecule has 7 heteroatoms. The number of carbonyl (C=O) groups is 1. The average Bonchev–Trinajstić information content (AvgIpc) is 2.85. The van der Waals surface area contributed by atoms with Gasteiger partial charge in [-0.25, -0.2) is 0 Å². The Hall–Kier alpha value is -1.53. The first-order valence-electron chi connectivity index (χ1n) is 9.11. The predicted molar refractivity (Wildman–Crippen MR) is 85.6 cm³/mol. The van der Waals surface area contributed by atoms with Crippen LogP contribution in [-0.2, 0) is 17.5 Å². The number of alkyl halides is 3. The lowest BCUT2D eigenvalue weighted by Gasteiger charge is -2.56. The highest BCUT2D eigenvalue weighted by atomic mass is 19.4. The highest BCUT2D eigenvalue weighted by Gasteiger charge is 2.50. The van der Waals surface area contributed by atoms with Crippen LogP contribution < -0.4 is 5.32 Å². The zero-order valence-electron chi connectivity index (χ0n) is 14.4. The third-order valence-electron chi connectivity index (χ3n) is 6.31. The number of hydrogen-bond acceptors (Lipinski definition) is 2. The van der Waals surface area contributed by atoms with Gasteiger partial charge in [0.1, 0.15) is 12.2 Å². The van der Waals surface area contributed by atoms with Crippen molar-refractivity contribution in [3.8, 4) is 0 Å². The molecule has 0 aliphatic heterocycles. The Morgan fingerprint density at radius 3 is 2.32 bits per heavy atom. The first kappa shape index (κ1) is 16.9. The highest BCUT2D eigenvalue weighted by Crippen LogP contribution is 2.59. The summed E-state index contributed by atoms with van der Waals surface area (Å²) in [6, 6.07) is 0.979. The number of rotatable bonds is 4. The lowest BCUT2D eigenvalue weighted by molar-refractivity contribution is -0.145. The van der Waals surface area contributed by atoms with Crippen molar-refractivity contribution in [1.82, 2.24) is 15.1 Å². The fraction of sp³-hybridized carbons (Fsp3) is 0.778. The van der Waals surface area contributed by atoms with Gasteiger partial charge >= 0.3 is 6.18 Å². The standard InChI is InChI=1S/C18H24F3N3O/c1-11-2-15(18(19,20)21)24(23-11)9-16(25)22-10-17-6-12-3-13(7-17)5-14(4-12)8-17/h2,12-14H,3-10H2,1H3,(H,22,25). The summed E-state index contributed by atoms with van der Waals surface area (Å²) < 4.78 is 39.8. The smallest absolute Gasteiger partial charge is 0.354 e. The predicted octanol–water partition coefficient (Wildman–Crippen LogP) is 3.54. The van der Waals surface area contributed by atoms with E-state index in [1.807, 2.05) is 0 Å². The summed E-state index contributed by atoms with van der Waals surface area (Å²) >= 11 is 0. The third-order valence-corrected chi connectivity index (χ3v) is 6.31. The van der Waals surface area contributed by atoms with E-state index in [0.29, 0.717) is 6.54 Å². The minimum absolute atomic E-state index is 0.178. The van der Waals surface area contributed by atoms with Gasteiger partial charge in [-0.15, -0.1) is 0 Å². The van der Waals surface area contributed by atoms with Gasteiger partial charge in [-0.2, -0.15) is 18.3 Å². The van der Waals surface area contributed by atoms with Crippen LogP contribution in [0.4, 0.5) is 13.2 Å². The van der Waals surface area contributed by atoms with Crippen molar-refractivity contribution in [2.45, 2.75) is 58.2 Å². The number of halogens is 3. The van der Waals surface area contributed by atoms with Gasteiger partial charge in [-0.05, 0) is 74.7 Å². The minimum atomic E-state index is -4.50. The molecule has 1 aromatic rings. The summed E-state index contributed by atoms with van der Waals surface area (Å²) in [5.41, 5.74) is -0.423. The van der Waals surface area contributed by atoms with Gasteiger partial charge in [-0.3, -0.25) is 9.48 Å². The highest BCUT2D eigenvalue weighted by molar-refractivity contribution is 5.75. The molecule has 4 aliphatic carbocycles. The van der Waals surface area contributed by atoms with Gasteiger partial charge in [0.15, 0.2) is 0 Å². The van der Waals surface area contributed by atoms with Crippen LogP contribution in [0.5, 0.6) is 0 Å². The van der Waals surface area contributed by atoms with Gasteiger partial charge in [0.05, 0.1) is 5.69 Å². The number of carbonyl (C=O) groups excluding carboxylic acids is 1. The molecule has 4 fully saturated rings. The topological polar surface area (TPSA) is 46.9 Å². The van der Waals surface area contributed by atoms with E-state index in [2.05, 4.69) is 10.4 Å². The number of nitrogens with one attached hydrogen (secondary N) is 1. The number of amides is 1. The molecule has 0 aromatic carbocycles. The molecule has 0 unspecified atom stereocenters. The van der Waals surface area contributed by atoms with Crippen LogP contribution in [-0.4, -0.2) is 22.2 Å². The van der Waals surface area contributed by atoms with E-state index in [9.17, 15) is 18.0 Å². The van der Waals surface area contributed by atoms with Gasteiger partial charge < -0.3 is 5.32 Å². The summed E-state index contributed by atoms with van der Waals surface area (Å²) in [4.78, 5) is 12.3. The number of aryl methyl sites for hydroxylation is 1. The number of aromatic nitrogens is 2. The lowest BCUT2D eigenvalue weighted by Crippen LogP contribution is -2.51. The molecular formula is C18H24F3N3O. The summed E-state index contributed by atoms with van der Waals surface area (Å²) in [5.74, 6) is 1.97. The zero-order chi connectivity index (χ0) is 17.8. The summed E-state index contributed by atoms with van der Waals surface area (Å²) in [5, 5.41) is 6.74. The number of hydrogen-bond donors (Lipinski definition) is 1. The summed E-state index contributed by atoms with van der Waals surface area (Å²) in [6.45, 7) is 1.71. The Kier molecular flexibility index (Phi) is 3.88. The van der Waals surface area contributed by atoms with Crippen LogP contribution >= 0.6 is 0 Å². The quantitative estimate of drug-likeness (QED) is 0.898. The molecule has 0 atom stereocenters. The van der Waals surface area contributed by atoms with E-state index in [1.54, 1.807) is 0 Å². The molecule has 4 nitrogen and oxygen atoms in total. The molecular weight excluding hydrogens is 331 g/mol. The Balaban J connectivity index is 1.39. The molecule has 0 radical (unpaired) electrons. The molecule has 1 amide bonds. The second-order valence-electron chi connectivity index (χ2n) is 8.52. The minimum Gasteiger partial charge on any atom is -0.354 e. The van der Waals surface area contributed by atoms with Crippen molar-refractivity contribution in [2.24, 2.45) is 23.2 Å². The fourth-order valence-electron chi connectivity index (χ4n) is 5.88. The molecule has 1 heterocycles. The first-order valence-corrected chi connectivity index (χ1v) is 9.11. The second-order valence-corrected chi connectivity index (χ2v) is 8.52. The van der Waals surface area contributed by atoms with E-state index in [1.165, 1.54) is 26.2 Å². The monoisotopic (exact) mass is 355 g/mol. The van der Waals surface area contributed by atoms with Crippen LogP contribution in [0, 0.1) is 30.1 Å². The Morgan fingerprint density at radius 2 is 1.80 bits per heavy atom. The van der Waals surface area contributed by atoms with Crippen molar-refractivity contribution in [3.05, 3.63) is 17.5 Å². The fourth-order valence-corrected chi connectivity index (χ4v) is 5.88. The number of nitrogens with zero attached hydrogens (tertiary/aromatic N) is 2. The van der Waals surface area contributed by atoms with Gasteiger partial charge in [0.25, 0.3) is 0 Å². The van der Waals surface area contributed by atoms with Crippen molar-refractivity contribution in [2.75, 3.05) is 6.54 Å². The van der Waals surface area contributed by atoms with E-state index in [0.717, 1.165) is 47.8 Å². The summed E-state index contributed by atoms with van der Waals surface area (Å²) in [6.07, 6.45) is 2.97. The summed E-state index contributed by atoms with van der Waals surface area (Å²) in [7, 11) is 0. The van der Waals surface area contributed by atoms with Crippen LogP contribution in [0.15, 0.2) is 6.07 Å². The first-order chi connectivity index (χ1) is 11.7. The maximum atomic E-state index is 13.0. The van der Waals surface area contributed by atoms with E-state index >= 15 is 0 Å². The second kappa shape index (κ2) is 5.74. The van der Waals surface area contributed by atoms with Crippen LogP contribution in [0.1, 0.15) is 49.9 Å². The SMILES string of the molecule is Cc1cc(C(F)(F)F)n(CC(=O)NCC23CC4CC(CC(C4)C2)C3)n1. The molecule has 0 saturated heterocycles. The van der Waals surface area contributed by atoms with E-state index in [4.69, 9.17) is 0 Å². The molecule has 4 aliphatic rings. The van der Waals surface area contributed by atoms with Crippen molar-refractivity contribution in [3.63, 3.8) is 0 Å². The molecule has 0 spiro atoms.